The van der Waals surface area contributed by atoms with Crippen LogP contribution in [0, 0.1) is 5.92 Å². The van der Waals surface area contributed by atoms with Crippen molar-refractivity contribution in [1.82, 2.24) is 5.32 Å². The predicted molar refractivity (Wildman–Crippen MR) is 65.6 cm³/mol. The number of alkyl halides is 3. The molecule has 5 heteroatoms. The minimum atomic E-state index is -4.20. The van der Waals surface area contributed by atoms with Gasteiger partial charge in [-0.25, -0.2) is 0 Å². The predicted octanol–water partition coefficient (Wildman–Crippen LogP) is 3.52. The van der Waals surface area contributed by atoms with E-state index >= 15 is 0 Å². The van der Waals surface area contributed by atoms with Crippen LogP contribution in [0.25, 0.3) is 0 Å². The van der Waals surface area contributed by atoms with E-state index in [4.69, 9.17) is 0 Å². The minimum Gasteiger partial charge on any atom is -0.372 e. The highest BCUT2D eigenvalue weighted by Crippen LogP contribution is 2.25. The Balaban J connectivity index is 1.81. The Labute approximate surface area is 107 Å². The molecule has 0 heterocycles. The molecule has 0 bridgehead atoms. The monoisotopic (exact) mass is 267 g/mol. The van der Waals surface area contributed by atoms with Gasteiger partial charge in [0.1, 0.15) is 6.61 Å². The summed E-state index contributed by atoms with van der Waals surface area (Å²) >= 11 is 0. The molecule has 0 amide bonds. The second-order valence-corrected chi connectivity index (χ2v) is 5.06. The number of hydrogen-bond donors (Lipinski definition) is 1. The zero-order valence-corrected chi connectivity index (χ0v) is 10.9. The quantitative estimate of drug-likeness (QED) is 0.679. The van der Waals surface area contributed by atoms with Crippen LogP contribution in [0.2, 0.25) is 0 Å². The summed E-state index contributed by atoms with van der Waals surface area (Å²) in [4.78, 5) is 0. The standard InChI is InChI=1S/C13H24F3NO/c14-13(15,16)11-18-10-4-8-17-9-7-12-5-2-1-3-6-12/h12,17H,1-11H2. The molecule has 0 saturated heterocycles. The molecular weight excluding hydrogens is 243 g/mol. The third-order valence-electron chi connectivity index (χ3n) is 3.36. The van der Waals surface area contributed by atoms with Gasteiger partial charge in [0.2, 0.25) is 0 Å². The molecule has 108 valence electrons. The van der Waals surface area contributed by atoms with Gasteiger partial charge in [-0.2, -0.15) is 13.2 Å². The van der Waals surface area contributed by atoms with Crippen molar-refractivity contribution < 1.29 is 17.9 Å². The maximum absolute atomic E-state index is 11.8. The van der Waals surface area contributed by atoms with Crippen molar-refractivity contribution in [3.05, 3.63) is 0 Å². The Hall–Kier alpha value is -0.290. The summed E-state index contributed by atoms with van der Waals surface area (Å²) < 4.78 is 39.8. The summed E-state index contributed by atoms with van der Waals surface area (Å²) in [6, 6.07) is 0. The van der Waals surface area contributed by atoms with Crippen LogP contribution < -0.4 is 5.32 Å². The van der Waals surface area contributed by atoms with Gasteiger partial charge in [-0.1, -0.05) is 32.1 Å². The second-order valence-electron chi connectivity index (χ2n) is 5.06. The highest BCUT2D eigenvalue weighted by Gasteiger charge is 2.27. The lowest BCUT2D eigenvalue weighted by Gasteiger charge is -2.21. The molecule has 1 saturated carbocycles. The SMILES string of the molecule is FC(F)(F)COCCCNCCC1CCCCC1. The van der Waals surface area contributed by atoms with E-state index in [1.807, 2.05) is 0 Å². The highest BCUT2D eigenvalue weighted by atomic mass is 19.4. The molecule has 2 nitrogen and oxygen atoms in total. The van der Waals surface area contributed by atoms with Gasteiger partial charge in [0.25, 0.3) is 0 Å². The molecule has 0 spiro atoms. The lowest BCUT2D eigenvalue weighted by Crippen LogP contribution is -2.22. The summed E-state index contributed by atoms with van der Waals surface area (Å²) in [5.74, 6) is 0.854. The molecule has 1 aliphatic rings. The van der Waals surface area contributed by atoms with Crippen LogP contribution in [0.3, 0.4) is 0 Å². The largest absolute Gasteiger partial charge is 0.411 e. The fourth-order valence-electron chi connectivity index (χ4n) is 2.39. The first-order chi connectivity index (χ1) is 8.58. The maximum Gasteiger partial charge on any atom is 0.411 e. The van der Waals surface area contributed by atoms with E-state index in [9.17, 15) is 13.2 Å². The van der Waals surface area contributed by atoms with Crippen molar-refractivity contribution in [2.24, 2.45) is 5.92 Å². The number of halogens is 3. The third kappa shape index (κ3) is 8.75. The van der Waals surface area contributed by atoms with Gasteiger partial charge in [0.15, 0.2) is 0 Å². The molecule has 0 radical (unpaired) electrons. The van der Waals surface area contributed by atoms with Gasteiger partial charge >= 0.3 is 6.18 Å². The van der Waals surface area contributed by atoms with Crippen molar-refractivity contribution >= 4 is 0 Å². The molecule has 0 aliphatic heterocycles. The lowest BCUT2D eigenvalue weighted by molar-refractivity contribution is -0.173. The van der Waals surface area contributed by atoms with Crippen molar-refractivity contribution in [1.29, 1.82) is 0 Å². The lowest BCUT2D eigenvalue weighted by atomic mass is 9.87. The van der Waals surface area contributed by atoms with Crippen LogP contribution in [0.15, 0.2) is 0 Å². The second kappa shape index (κ2) is 8.75. The van der Waals surface area contributed by atoms with Gasteiger partial charge in [-0.3, -0.25) is 0 Å². The van der Waals surface area contributed by atoms with Crippen LogP contribution in [0.5, 0.6) is 0 Å². The van der Waals surface area contributed by atoms with Crippen LogP contribution >= 0.6 is 0 Å². The summed E-state index contributed by atoms with van der Waals surface area (Å²) in [5, 5.41) is 3.27. The molecule has 0 aromatic carbocycles. The first-order valence-electron chi connectivity index (χ1n) is 6.93. The Bertz CT molecular complexity index is 203. The molecule has 0 aromatic heterocycles. The van der Waals surface area contributed by atoms with E-state index in [2.05, 4.69) is 10.1 Å². The fourth-order valence-corrected chi connectivity index (χ4v) is 2.39. The maximum atomic E-state index is 11.8. The molecule has 1 rings (SSSR count). The zero-order chi connectivity index (χ0) is 13.3. The molecule has 1 N–H and O–H groups in total. The van der Waals surface area contributed by atoms with Crippen molar-refractivity contribution in [3.8, 4) is 0 Å². The molecule has 0 atom stereocenters. The van der Waals surface area contributed by atoms with E-state index < -0.39 is 12.8 Å². The van der Waals surface area contributed by atoms with Crippen LogP contribution in [-0.2, 0) is 4.74 Å². The van der Waals surface area contributed by atoms with Gasteiger partial charge in [0.05, 0.1) is 0 Å². The van der Waals surface area contributed by atoms with E-state index in [1.54, 1.807) is 0 Å². The normalized spacial score (nSPS) is 18.2. The average molecular weight is 267 g/mol. The van der Waals surface area contributed by atoms with Crippen molar-refractivity contribution in [2.75, 3.05) is 26.3 Å². The summed E-state index contributed by atoms with van der Waals surface area (Å²) in [5.41, 5.74) is 0. The number of nitrogens with one attached hydrogen (secondary N) is 1. The topological polar surface area (TPSA) is 21.3 Å². The van der Waals surface area contributed by atoms with E-state index in [1.165, 1.54) is 38.5 Å². The van der Waals surface area contributed by atoms with Crippen molar-refractivity contribution in [3.63, 3.8) is 0 Å². The van der Waals surface area contributed by atoms with E-state index in [0.29, 0.717) is 6.42 Å². The van der Waals surface area contributed by atoms with Crippen LogP contribution in [-0.4, -0.2) is 32.5 Å². The van der Waals surface area contributed by atoms with Gasteiger partial charge in [-0.05, 0) is 31.8 Å². The highest BCUT2D eigenvalue weighted by molar-refractivity contribution is 4.66. The van der Waals surface area contributed by atoms with Crippen molar-refractivity contribution in [2.45, 2.75) is 51.1 Å². The Morgan fingerprint density at radius 1 is 1.06 bits per heavy atom. The first kappa shape index (κ1) is 15.8. The fraction of sp³-hybridized carbons (Fsp3) is 1.00. The Morgan fingerprint density at radius 3 is 2.44 bits per heavy atom. The molecule has 0 unspecified atom stereocenters. The zero-order valence-electron chi connectivity index (χ0n) is 10.9. The molecular formula is C13H24F3NO. The van der Waals surface area contributed by atoms with Crippen LogP contribution in [0.4, 0.5) is 13.2 Å². The third-order valence-corrected chi connectivity index (χ3v) is 3.36. The number of hydrogen-bond acceptors (Lipinski definition) is 2. The number of ether oxygens (including phenoxy) is 1. The minimum absolute atomic E-state index is 0.177. The molecule has 18 heavy (non-hydrogen) atoms. The van der Waals surface area contributed by atoms with E-state index in [-0.39, 0.29) is 6.61 Å². The van der Waals surface area contributed by atoms with E-state index in [0.717, 1.165) is 19.0 Å². The van der Waals surface area contributed by atoms with Gasteiger partial charge in [-0.15, -0.1) is 0 Å². The summed E-state index contributed by atoms with van der Waals surface area (Å²) in [7, 11) is 0. The smallest absolute Gasteiger partial charge is 0.372 e. The van der Waals surface area contributed by atoms with Crippen LogP contribution in [0.1, 0.15) is 44.9 Å². The average Bonchev–Trinajstić information content (AvgIpc) is 2.32. The molecule has 0 aromatic rings. The Morgan fingerprint density at radius 2 is 1.78 bits per heavy atom. The van der Waals surface area contributed by atoms with Gasteiger partial charge < -0.3 is 10.1 Å². The first-order valence-corrected chi connectivity index (χ1v) is 6.93. The molecule has 1 fully saturated rings. The summed E-state index contributed by atoms with van der Waals surface area (Å²) in [6.07, 6.45) is 4.41. The molecule has 1 aliphatic carbocycles. The Kier molecular flexibility index (Phi) is 7.66. The summed E-state index contributed by atoms with van der Waals surface area (Å²) in [6.45, 7) is 0.763. The van der Waals surface area contributed by atoms with Gasteiger partial charge in [0, 0.05) is 6.61 Å². The number of rotatable bonds is 8.